The van der Waals surface area contributed by atoms with Crippen molar-refractivity contribution in [3.05, 3.63) is 70.0 Å². The molecule has 0 saturated carbocycles. The highest BCUT2D eigenvalue weighted by Crippen LogP contribution is 2.28. The van der Waals surface area contributed by atoms with Crippen LogP contribution in [0.5, 0.6) is 5.75 Å². The molecule has 142 valence electrons. The van der Waals surface area contributed by atoms with Crippen molar-refractivity contribution in [2.45, 2.75) is 44.2 Å². The summed E-state index contributed by atoms with van der Waals surface area (Å²) in [6, 6.07) is 14.0. The minimum absolute atomic E-state index is 0.272. The van der Waals surface area contributed by atoms with Crippen LogP contribution in [0.4, 0.5) is 0 Å². The van der Waals surface area contributed by atoms with Crippen LogP contribution in [-0.2, 0) is 12.4 Å². The Morgan fingerprint density at radius 3 is 2.59 bits per heavy atom. The van der Waals surface area contributed by atoms with E-state index in [2.05, 4.69) is 36.2 Å². The minimum Gasteiger partial charge on any atom is -0.485 e. The molecule has 0 bridgehead atoms. The van der Waals surface area contributed by atoms with Crippen LogP contribution < -0.4 is 10.6 Å². The zero-order chi connectivity index (χ0) is 19.4. The number of hydrogen-bond donors (Lipinski definition) is 1. The first kappa shape index (κ1) is 19.6. The summed E-state index contributed by atoms with van der Waals surface area (Å²) in [6.07, 6.45) is 0. The van der Waals surface area contributed by atoms with Gasteiger partial charge < -0.3 is 10.6 Å². The predicted molar refractivity (Wildman–Crippen MR) is 111 cm³/mol. The number of halogens is 1. The first-order valence-electron chi connectivity index (χ1n) is 8.74. The van der Waals surface area contributed by atoms with Gasteiger partial charge in [-0.05, 0) is 47.7 Å². The number of nitrogens with two attached hydrogens (primary N) is 1. The van der Waals surface area contributed by atoms with Gasteiger partial charge in [-0.1, -0.05) is 61.5 Å². The molecule has 7 heteroatoms. The summed E-state index contributed by atoms with van der Waals surface area (Å²) in [4.78, 5) is 0. The second-order valence-corrected chi connectivity index (χ2v) is 8.05. The summed E-state index contributed by atoms with van der Waals surface area (Å²) in [5.41, 5.74) is 3.47. The third-order valence-corrected chi connectivity index (χ3v) is 5.43. The molecule has 5 nitrogen and oxygen atoms in total. The van der Waals surface area contributed by atoms with Gasteiger partial charge in [0.15, 0.2) is 5.82 Å². The molecule has 2 N–H and O–H groups in total. The molecule has 2 aromatic carbocycles. The molecule has 3 rings (SSSR count). The van der Waals surface area contributed by atoms with Crippen LogP contribution in [0.15, 0.2) is 47.6 Å². The molecular weight excluding hydrogens is 380 g/mol. The molecule has 0 aliphatic rings. The molecule has 27 heavy (non-hydrogen) atoms. The standard InChI is InChI=1S/C20H23ClN4OS/c1-13(2)17-9-4-14(3)10-18(17)26-11-19-23-24-20(25(19)22)27-12-15-5-7-16(21)8-6-15/h4-10,13H,11-12,22H2,1-3H3. The van der Waals surface area contributed by atoms with Crippen LogP contribution in [0.2, 0.25) is 5.02 Å². The number of aryl methyl sites for hydroxylation is 1. The SMILES string of the molecule is Cc1ccc(C(C)C)c(OCc2nnc(SCc3ccc(Cl)cc3)n2N)c1. The first-order chi connectivity index (χ1) is 12.9. The monoisotopic (exact) mass is 402 g/mol. The lowest BCUT2D eigenvalue weighted by Gasteiger charge is -2.14. The molecule has 0 aliphatic heterocycles. The van der Waals surface area contributed by atoms with Crippen molar-refractivity contribution in [1.82, 2.24) is 14.9 Å². The third kappa shape index (κ3) is 4.96. The molecule has 1 heterocycles. The number of rotatable bonds is 7. The van der Waals surface area contributed by atoms with Gasteiger partial charge in [0.1, 0.15) is 12.4 Å². The molecule has 0 saturated heterocycles. The summed E-state index contributed by atoms with van der Waals surface area (Å²) in [5, 5.41) is 9.73. The van der Waals surface area contributed by atoms with Gasteiger partial charge in [0, 0.05) is 10.8 Å². The van der Waals surface area contributed by atoms with E-state index in [9.17, 15) is 0 Å². The molecule has 0 atom stereocenters. The highest BCUT2D eigenvalue weighted by molar-refractivity contribution is 7.98. The van der Waals surface area contributed by atoms with Crippen molar-refractivity contribution in [2.75, 3.05) is 5.84 Å². The number of hydrogen-bond acceptors (Lipinski definition) is 5. The Labute approximate surface area is 168 Å². The first-order valence-corrected chi connectivity index (χ1v) is 10.1. The summed E-state index contributed by atoms with van der Waals surface area (Å²) in [6.45, 7) is 6.62. The maximum Gasteiger partial charge on any atom is 0.210 e. The normalized spacial score (nSPS) is 11.1. The van der Waals surface area contributed by atoms with Gasteiger partial charge in [-0.25, -0.2) is 4.68 Å². The second-order valence-electron chi connectivity index (χ2n) is 6.67. The molecule has 0 amide bonds. The fourth-order valence-electron chi connectivity index (χ4n) is 2.62. The van der Waals surface area contributed by atoms with Crippen molar-refractivity contribution in [3.63, 3.8) is 0 Å². The van der Waals surface area contributed by atoms with Crippen LogP contribution >= 0.6 is 23.4 Å². The van der Waals surface area contributed by atoms with E-state index in [0.29, 0.717) is 16.9 Å². The quantitative estimate of drug-likeness (QED) is 0.447. The number of nitrogen functional groups attached to an aromatic ring is 1. The average Bonchev–Trinajstić information content (AvgIpc) is 2.99. The minimum atomic E-state index is 0.272. The topological polar surface area (TPSA) is 66.0 Å². The lowest BCUT2D eigenvalue weighted by molar-refractivity contribution is 0.287. The van der Waals surface area contributed by atoms with Crippen LogP contribution in [0.1, 0.15) is 42.3 Å². The van der Waals surface area contributed by atoms with Crippen LogP contribution in [0.25, 0.3) is 0 Å². The van der Waals surface area contributed by atoms with Gasteiger partial charge in [0.05, 0.1) is 0 Å². The fourth-order valence-corrected chi connectivity index (χ4v) is 3.58. The van der Waals surface area contributed by atoms with E-state index in [4.69, 9.17) is 22.2 Å². The van der Waals surface area contributed by atoms with E-state index >= 15 is 0 Å². The van der Waals surface area contributed by atoms with E-state index in [1.165, 1.54) is 22.0 Å². The molecule has 0 unspecified atom stereocenters. The fraction of sp³-hybridized carbons (Fsp3) is 0.300. The molecule has 0 aliphatic carbocycles. The molecule has 0 spiro atoms. The zero-order valence-corrected chi connectivity index (χ0v) is 17.2. The van der Waals surface area contributed by atoms with Crippen molar-refractivity contribution >= 4 is 23.4 Å². The van der Waals surface area contributed by atoms with E-state index in [1.54, 1.807) is 0 Å². The van der Waals surface area contributed by atoms with E-state index < -0.39 is 0 Å². The van der Waals surface area contributed by atoms with Crippen molar-refractivity contribution in [1.29, 1.82) is 0 Å². The Bertz CT molecular complexity index is 909. The second kappa shape index (κ2) is 8.67. The van der Waals surface area contributed by atoms with Gasteiger partial charge in [0.25, 0.3) is 0 Å². The van der Waals surface area contributed by atoms with Crippen LogP contribution in [0, 0.1) is 6.92 Å². The molecular formula is C20H23ClN4OS. The number of benzene rings is 2. The van der Waals surface area contributed by atoms with Crippen molar-refractivity contribution < 1.29 is 4.74 Å². The maximum absolute atomic E-state index is 6.15. The molecule has 0 fully saturated rings. The van der Waals surface area contributed by atoms with Crippen molar-refractivity contribution in [2.24, 2.45) is 0 Å². The van der Waals surface area contributed by atoms with Gasteiger partial charge in [-0.15, -0.1) is 10.2 Å². The number of nitrogens with zero attached hydrogens (tertiary/aromatic N) is 3. The Morgan fingerprint density at radius 1 is 1.15 bits per heavy atom. The van der Waals surface area contributed by atoms with Crippen molar-refractivity contribution in [3.8, 4) is 5.75 Å². The number of aromatic nitrogens is 3. The molecule has 3 aromatic rings. The highest BCUT2D eigenvalue weighted by Gasteiger charge is 2.13. The summed E-state index contributed by atoms with van der Waals surface area (Å²) >= 11 is 7.44. The third-order valence-electron chi connectivity index (χ3n) is 4.16. The average molecular weight is 403 g/mol. The largest absolute Gasteiger partial charge is 0.485 e. The Morgan fingerprint density at radius 2 is 1.89 bits per heavy atom. The summed E-state index contributed by atoms with van der Waals surface area (Å²) < 4.78 is 7.50. The van der Waals surface area contributed by atoms with Gasteiger partial charge >= 0.3 is 0 Å². The predicted octanol–water partition coefficient (Wildman–Crippen LogP) is 4.95. The summed E-state index contributed by atoms with van der Waals surface area (Å²) in [5.74, 6) is 8.72. The lowest BCUT2D eigenvalue weighted by atomic mass is 10.0. The maximum atomic E-state index is 6.15. The van der Waals surface area contributed by atoms with Gasteiger partial charge in [-0.3, -0.25) is 0 Å². The zero-order valence-electron chi connectivity index (χ0n) is 15.6. The molecule has 0 radical (unpaired) electrons. The summed E-state index contributed by atoms with van der Waals surface area (Å²) in [7, 11) is 0. The Balaban J connectivity index is 1.65. The van der Waals surface area contributed by atoms with E-state index in [-0.39, 0.29) is 6.61 Å². The lowest BCUT2D eigenvalue weighted by Crippen LogP contribution is -2.16. The van der Waals surface area contributed by atoms with E-state index in [1.807, 2.05) is 37.3 Å². The smallest absolute Gasteiger partial charge is 0.210 e. The van der Waals surface area contributed by atoms with Gasteiger partial charge in [0.2, 0.25) is 5.16 Å². The Hall–Kier alpha value is -2.18. The number of thioether (sulfide) groups is 1. The van der Waals surface area contributed by atoms with Crippen LogP contribution in [-0.4, -0.2) is 14.9 Å². The Kier molecular flexibility index (Phi) is 6.29. The van der Waals surface area contributed by atoms with E-state index in [0.717, 1.165) is 27.7 Å². The van der Waals surface area contributed by atoms with Crippen LogP contribution in [0.3, 0.4) is 0 Å². The number of ether oxygens (including phenoxy) is 1. The highest BCUT2D eigenvalue weighted by atomic mass is 35.5. The molecule has 1 aromatic heterocycles. The van der Waals surface area contributed by atoms with Gasteiger partial charge in [-0.2, -0.15) is 0 Å².